The fourth-order valence-electron chi connectivity index (χ4n) is 6.47. The molecule has 43 heavy (non-hydrogen) atoms. The summed E-state index contributed by atoms with van der Waals surface area (Å²) in [5, 5.41) is 7.28. The topological polar surface area (TPSA) is 16.4 Å². The molecule has 0 N–H and O–H groups in total. The van der Waals surface area contributed by atoms with Gasteiger partial charge < -0.3 is 9.32 Å². The van der Waals surface area contributed by atoms with Crippen molar-refractivity contribution in [1.82, 2.24) is 0 Å². The number of anilines is 3. The lowest BCUT2D eigenvalue weighted by atomic mass is 9.99. The van der Waals surface area contributed by atoms with E-state index in [9.17, 15) is 0 Å². The maximum atomic E-state index is 6.58. The molecule has 0 spiro atoms. The molecule has 0 fully saturated rings. The van der Waals surface area contributed by atoms with Gasteiger partial charge in [0, 0.05) is 53.6 Å². The van der Waals surface area contributed by atoms with Gasteiger partial charge in [0.2, 0.25) is 0 Å². The van der Waals surface area contributed by atoms with E-state index in [4.69, 9.17) is 4.42 Å². The fourth-order valence-corrected chi connectivity index (χ4v) is 7.61. The summed E-state index contributed by atoms with van der Waals surface area (Å²) < 4.78 is 9.18. The first kappa shape index (κ1) is 24.2. The van der Waals surface area contributed by atoms with Gasteiger partial charge in [-0.3, -0.25) is 0 Å². The van der Waals surface area contributed by atoms with Crippen LogP contribution in [0.25, 0.3) is 64.0 Å². The Kier molecular flexibility index (Phi) is 5.40. The quantitative estimate of drug-likeness (QED) is 0.210. The number of rotatable bonds is 4. The van der Waals surface area contributed by atoms with Crippen LogP contribution in [-0.4, -0.2) is 0 Å². The van der Waals surface area contributed by atoms with Gasteiger partial charge in [-0.1, -0.05) is 103 Å². The number of benzene rings is 7. The minimum atomic E-state index is 0.904. The maximum absolute atomic E-state index is 6.58. The minimum absolute atomic E-state index is 0.904. The number of hydrogen-bond acceptors (Lipinski definition) is 3. The van der Waals surface area contributed by atoms with Crippen LogP contribution in [0.15, 0.2) is 156 Å². The second kappa shape index (κ2) is 9.59. The largest absolute Gasteiger partial charge is 0.455 e. The maximum Gasteiger partial charge on any atom is 0.143 e. The summed E-state index contributed by atoms with van der Waals surface area (Å²) in [6.07, 6.45) is 0. The summed E-state index contributed by atoms with van der Waals surface area (Å²) in [6.45, 7) is 0. The van der Waals surface area contributed by atoms with E-state index in [2.05, 4.69) is 150 Å². The summed E-state index contributed by atoms with van der Waals surface area (Å²) in [4.78, 5) is 2.36. The average molecular weight is 568 g/mol. The Morgan fingerprint density at radius 3 is 2.05 bits per heavy atom. The molecule has 0 aliphatic carbocycles. The van der Waals surface area contributed by atoms with Crippen molar-refractivity contribution in [3.8, 4) is 11.1 Å². The third-order valence-electron chi connectivity index (χ3n) is 8.44. The summed E-state index contributed by atoms with van der Waals surface area (Å²) in [7, 11) is 0. The van der Waals surface area contributed by atoms with Gasteiger partial charge in [-0.15, -0.1) is 11.3 Å². The van der Waals surface area contributed by atoms with Crippen LogP contribution in [0.4, 0.5) is 17.1 Å². The second-order valence-corrected chi connectivity index (χ2v) is 12.0. The van der Waals surface area contributed by atoms with Crippen LogP contribution in [0.2, 0.25) is 0 Å². The van der Waals surface area contributed by atoms with E-state index >= 15 is 0 Å². The van der Waals surface area contributed by atoms with Crippen molar-refractivity contribution in [1.29, 1.82) is 0 Å². The van der Waals surface area contributed by atoms with Crippen molar-refractivity contribution < 1.29 is 4.42 Å². The summed E-state index contributed by atoms with van der Waals surface area (Å²) in [5.41, 5.74) is 7.47. The molecule has 0 amide bonds. The molecule has 3 heteroatoms. The zero-order valence-electron chi connectivity index (χ0n) is 23.2. The summed E-state index contributed by atoms with van der Waals surface area (Å²) >= 11 is 1.85. The van der Waals surface area contributed by atoms with Crippen LogP contribution in [0.3, 0.4) is 0 Å². The van der Waals surface area contributed by atoms with Crippen molar-refractivity contribution in [2.75, 3.05) is 4.90 Å². The van der Waals surface area contributed by atoms with Crippen molar-refractivity contribution >= 4 is 81.3 Å². The van der Waals surface area contributed by atoms with Crippen molar-refractivity contribution in [3.05, 3.63) is 152 Å². The van der Waals surface area contributed by atoms with E-state index in [1.807, 2.05) is 17.4 Å². The summed E-state index contributed by atoms with van der Waals surface area (Å²) in [6, 6.07) is 54.2. The van der Waals surface area contributed by atoms with Crippen molar-refractivity contribution in [2.45, 2.75) is 0 Å². The van der Waals surface area contributed by atoms with Crippen LogP contribution in [0, 0.1) is 0 Å². The lowest BCUT2D eigenvalue weighted by molar-refractivity contribution is 0.670. The van der Waals surface area contributed by atoms with Crippen molar-refractivity contribution in [3.63, 3.8) is 0 Å². The molecule has 9 rings (SSSR count). The molecule has 7 aromatic carbocycles. The lowest BCUT2D eigenvalue weighted by Crippen LogP contribution is -2.09. The molecule has 0 bridgehead atoms. The van der Waals surface area contributed by atoms with E-state index in [-0.39, 0.29) is 0 Å². The van der Waals surface area contributed by atoms with Gasteiger partial charge in [0.05, 0.1) is 0 Å². The second-order valence-electron chi connectivity index (χ2n) is 10.9. The van der Waals surface area contributed by atoms with Crippen LogP contribution in [0.5, 0.6) is 0 Å². The number of para-hydroxylation sites is 2. The Bertz CT molecular complexity index is 2460. The minimum Gasteiger partial charge on any atom is -0.455 e. The molecule has 0 saturated carbocycles. The van der Waals surface area contributed by atoms with E-state index in [1.165, 1.54) is 30.9 Å². The molecule has 0 aliphatic rings. The van der Waals surface area contributed by atoms with Crippen molar-refractivity contribution in [2.24, 2.45) is 0 Å². The molecule has 202 valence electrons. The molecule has 0 aliphatic heterocycles. The van der Waals surface area contributed by atoms with E-state index in [1.54, 1.807) is 0 Å². The highest BCUT2D eigenvalue weighted by atomic mass is 32.1. The number of furan rings is 1. The Morgan fingerprint density at radius 2 is 1.16 bits per heavy atom. The molecule has 2 nitrogen and oxygen atoms in total. The van der Waals surface area contributed by atoms with Gasteiger partial charge in [0.25, 0.3) is 0 Å². The molecule has 0 radical (unpaired) electrons. The SMILES string of the molecule is c1ccc(-c2cccc3c2oc2ccc4ccc(N(c5ccccc5)c5ccc6c(c5)sc5ccccc56)cc4c23)cc1. The Balaban J connectivity index is 1.28. The fraction of sp³-hybridized carbons (Fsp3) is 0. The van der Waals surface area contributed by atoms with E-state index in [0.717, 1.165) is 50.1 Å². The number of hydrogen-bond donors (Lipinski definition) is 0. The molecular weight excluding hydrogens is 543 g/mol. The first-order valence-electron chi connectivity index (χ1n) is 14.5. The highest BCUT2D eigenvalue weighted by molar-refractivity contribution is 7.25. The standard InChI is InChI=1S/C40H25NOS/c1-3-10-26(11-4-1)31-15-9-16-34-39-35-24-29(20-18-27(35)19-23-36(39)42-40(31)34)41(28-12-5-2-6-13-28)30-21-22-33-32-14-7-8-17-37(32)43-38(33)25-30/h1-25H. The van der Waals surface area contributed by atoms with Gasteiger partial charge in [0.1, 0.15) is 11.2 Å². The third kappa shape index (κ3) is 3.86. The first-order valence-corrected chi connectivity index (χ1v) is 15.3. The van der Waals surface area contributed by atoms with Crippen LogP contribution in [0.1, 0.15) is 0 Å². The van der Waals surface area contributed by atoms with E-state index < -0.39 is 0 Å². The third-order valence-corrected chi connectivity index (χ3v) is 9.57. The Hall–Kier alpha value is -5.38. The highest BCUT2D eigenvalue weighted by Gasteiger charge is 2.18. The van der Waals surface area contributed by atoms with Gasteiger partial charge >= 0.3 is 0 Å². The van der Waals surface area contributed by atoms with Gasteiger partial charge in [-0.2, -0.15) is 0 Å². The monoisotopic (exact) mass is 567 g/mol. The van der Waals surface area contributed by atoms with Crippen LogP contribution in [-0.2, 0) is 0 Å². The predicted molar refractivity (Wildman–Crippen MR) is 184 cm³/mol. The average Bonchev–Trinajstić information content (AvgIpc) is 3.64. The zero-order chi connectivity index (χ0) is 28.3. The number of nitrogens with zero attached hydrogens (tertiary/aromatic N) is 1. The normalized spacial score (nSPS) is 11.7. The Labute approximate surface area is 252 Å². The highest BCUT2D eigenvalue weighted by Crippen LogP contribution is 2.43. The predicted octanol–water partition coefficient (Wildman–Crippen LogP) is 12.2. The first-order chi connectivity index (χ1) is 21.3. The van der Waals surface area contributed by atoms with Gasteiger partial charge in [0.15, 0.2) is 0 Å². The molecule has 0 saturated heterocycles. The lowest BCUT2D eigenvalue weighted by Gasteiger charge is -2.26. The number of thiophene rings is 1. The molecular formula is C40H25NOS. The molecule has 0 unspecified atom stereocenters. The zero-order valence-corrected chi connectivity index (χ0v) is 24.0. The van der Waals surface area contributed by atoms with E-state index in [0.29, 0.717) is 0 Å². The van der Waals surface area contributed by atoms with Gasteiger partial charge in [-0.25, -0.2) is 0 Å². The smallest absolute Gasteiger partial charge is 0.143 e. The van der Waals surface area contributed by atoms with Crippen LogP contribution < -0.4 is 4.90 Å². The molecule has 9 aromatic rings. The molecule has 0 atom stereocenters. The Morgan fingerprint density at radius 1 is 0.465 bits per heavy atom. The molecule has 2 aromatic heterocycles. The van der Waals surface area contributed by atoms with Gasteiger partial charge in [-0.05, 0) is 64.9 Å². The number of fused-ring (bicyclic) bond motifs is 8. The molecule has 2 heterocycles. The summed E-state index contributed by atoms with van der Waals surface area (Å²) in [5.74, 6) is 0. The van der Waals surface area contributed by atoms with Crippen LogP contribution >= 0.6 is 11.3 Å².